The van der Waals surface area contributed by atoms with Gasteiger partial charge in [0.2, 0.25) is 0 Å². The van der Waals surface area contributed by atoms with Gasteiger partial charge in [-0.2, -0.15) is 0 Å². The summed E-state index contributed by atoms with van der Waals surface area (Å²) in [5, 5.41) is 18.9. The van der Waals surface area contributed by atoms with Gasteiger partial charge in [-0.25, -0.2) is 4.98 Å². The number of aliphatic hydroxyl groups excluding tert-OH is 2. The lowest BCUT2D eigenvalue weighted by Crippen LogP contribution is -2.22. The van der Waals surface area contributed by atoms with Gasteiger partial charge in [0.1, 0.15) is 5.82 Å². The van der Waals surface area contributed by atoms with E-state index < -0.39 is 0 Å². The Morgan fingerprint density at radius 3 is 3.00 bits per heavy atom. The second-order valence-electron chi connectivity index (χ2n) is 3.68. The zero-order valence-electron chi connectivity index (χ0n) is 8.23. The Morgan fingerprint density at radius 1 is 1.60 bits per heavy atom. The maximum atomic E-state index is 9.40. The van der Waals surface area contributed by atoms with Gasteiger partial charge >= 0.3 is 0 Å². The van der Waals surface area contributed by atoms with Gasteiger partial charge < -0.3 is 15.1 Å². The molecule has 1 aliphatic heterocycles. The number of β-amino-alcohol motifs (C(OH)–C–C–N with tert-alkyl or cyclic N) is 1. The van der Waals surface area contributed by atoms with Crippen LogP contribution in [0.2, 0.25) is 5.02 Å². The minimum Gasteiger partial charge on any atom is -0.392 e. The zero-order chi connectivity index (χ0) is 10.8. The minimum atomic E-state index is -0.278. The Hall–Kier alpha value is -0.840. The van der Waals surface area contributed by atoms with E-state index in [-0.39, 0.29) is 12.7 Å². The summed E-state index contributed by atoms with van der Waals surface area (Å²) in [6.45, 7) is 1.30. The fourth-order valence-electron chi connectivity index (χ4n) is 1.71. The highest BCUT2D eigenvalue weighted by molar-refractivity contribution is 6.31. The Morgan fingerprint density at radius 2 is 2.40 bits per heavy atom. The van der Waals surface area contributed by atoms with E-state index in [1.165, 1.54) is 6.20 Å². The van der Waals surface area contributed by atoms with Crippen molar-refractivity contribution in [3.05, 3.63) is 22.8 Å². The van der Waals surface area contributed by atoms with Crippen LogP contribution in [0.5, 0.6) is 0 Å². The van der Waals surface area contributed by atoms with Gasteiger partial charge in [0.25, 0.3) is 0 Å². The first-order valence-electron chi connectivity index (χ1n) is 4.89. The van der Waals surface area contributed by atoms with Gasteiger partial charge in [-0.1, -0.05) is 11.6 Å². The maximum absolute atomic E-state index is 9.40. The largest absolute Gasteiger partial charge is 0.392 e. The van der Waals surface area contributed by atoms with E-state index in [9.17, 15) is 5.11 Å². The number of hydrogen-bond acceptors (Lipinski definition) is 4. The quantitative estimate of drug-likeness (QED) is 0.786. The maximum Gasteiger partial charge on any atom is 0.129 e. The fraction of sp³-hybridized carbons (Fsp3) is 0.500. The standard InChI is InChI=1S/C10H13ClN2O2/c11-9-4-12-10(3-7(9)6-14)13-2-1-8(15)5-13/h3-4,8,14-15H,1-2,5-6H2. The molecule has 0 spiro atoms. The first kappa shape index (κ1) is 10.7. The highest BCUT2D eigenvalue weighted by atomic mass is 35.5. The molecule has 1 aromatic heterocycles. The third-order valence-corrected chi connectivity index (χ3v) is 2.92. The van der Waals surface area contributed by atoms with E-state index in [4.69, 9.17) is 16.7 Å². The van der Waals surface area contributed by atoms with Gasteiger partial charge in [0, 0.05) is 24.8 Å². The molecule has 2 rings (SSSR count). The van der Waals surface area contributed by atoms with Crippen molar-refractivity contribution in [2.75, 3.05) is 18.0 Å². The Kier molecular flexibility index (Phi) is 3.09. The highest BCUT2D eigenvalue weighted by Gasteiger charge is 2.21. The van der Waals surface area contributed by atoms with E-state index in [1.807, 2.05) is 4.90 Å². The van der Waals surface area contributed by atoms with Crippen LogP contribution in [-0.4, -0.2) is 34.4 Å². The topological polar surface area (TPSA) is 56.6 Å². The summed E-state index contributed by atoms with van der Waals surface area (Å²) in [5.74, 6) is 0.764. The molecule has 2 heterocycles. The van der Waals surface area contributed by atoms with Gasteiger partial charge in [0.05, 0.1) is 17.7 Å². The third kappa shape index (κ3) is 2.22. The number of hydrogen-bond donors (Lipinski definition) is 2. The summed E-state index contributed by atoms with van der Waals surface area (Å²) in [4.78, 5) is 6.16. The first-order valence-corrected chi connectivity index (χ1v) is 5.27. The number of aromatic nitrogens is 1. The summed E-state index contributed by atoms with van der Waals surface area (Å²) >= 11 is 5.84. The van der Waals surface area contributed by atoms with Crippen molar-refractivity contribution < 1.29 is 10.2 Å². The number of pyridine rings is 1. The van der Waals surface area contributed by atoms with Crippen LogP contribution in [0.15, 0.2) is 12.3 Å². The first-order chi connectivity index (χ1) is 7.20. The summed E-state index contributed by atoms with van der Waals surface area (Å²) in [5.41, 5.74) is 0.669. The molecule has 1 aliphatic rings. The summed E-state index contributed by atoms with van der Waals surface area (Å²) < 4.78 is 0. The Labute approximate surface area is 93.1 Å². The second-order valence-corrected chi connectivity index (χ2v) is 4.09. The SMILES string of the molecule is OCc1cc(N2CCC(O)C2)ncc1Cl. The molecular formula is C10H13ClN2O2. The average molecular weight is 229 g/mol. The number of halogens is 1. The molecule has 0 aromatic carbocycles. The Balaban J connectivity index is 2.21. The average Bonchev–Trinajstić information content (AvgIpc) is 2.66. The van der Waals surface area contributed by atoms with Crippen LogP contribution in [0.3, 0.4) is 0 Å². The molecule has 0 radical (unpaired) electrons. The predicted molar refractivity (Wildman–Crippen MR) is 58.0 cm³/mol. The van der Waals surface area contributed by atoms with Crippen LogP contribution in [0.25, 0.3) is 0 Å². The number of nitrogens with zero attached hydrogens (tertiary/aromatic N) is 2. The van der Waals surface area contributed by atoms with Crippen molar-refractivity contribution in [1.29, 1.82) is 0 Å². The lowest BCUT2D eigenvalue weighted by molar-refractivity contribution is 0.198. The van der Waals surface area contributed by atoms with Crippen molar-refractivity contribution in [2.45, 2.75) is 19.1 Å². The molecule has 0 amide bonds. The van der Waals surface area contributed by atoms with E-state index in [0.29, 0.717) is 17.1 Å². The van der Waals surface area contributed by atoms with Crippen LogP contribution >= 0.6 is 11.6 Å². The van der Waals surface area contributed by atoms with Gasteiger partial charge in [-0.3, -0.25) is 0 Å². The lowest BCUT2D eigenvalue weighted by Gasteiger charge is -2.17. The molecule has 1 atom stereocenters. The fourth-order valence-corrected chi connectivity index (χ4v) is 1.87. The molecule has 1 saturated heterocycles. The molecule has 1 aromatic rings. The molecule has 1 unspecified atom stereocenters. The number of aliphatic hydroxyl groups is 2. The van der Waals surface area contributed by atoms with Crippen LogP contribution < -0.4 is 4.90 Å². The molecule has 0 saturated carbocycles. The molecular weight excluding hydrogens is 216 g/mol. The van der Waals surface area contributed by atoms with E-state index >= 15 is 0 Å². The van der Waals surface area contributed by atoms with Crippen LogP contribution in [0, 0.1) is 0 Å². The summed E-state index contributed by atoms with van der Waals surface area (Å²) in [6.07, 6.45) is 2.02. The molecule has 1 fully saturated rings. The van der Waals surface area contributed by atoms with Crippen molar-refractivity contribution in [1.82, 2.24) is 4.98 Å². The predicted octanol–water partition coefficient (Wildman–Crippen LogP) is 0.798. The number of anilines is 1. The van der Waals surface area contributed by atoms with Crippen LogP contribution in [-0.2, 0) is 6.61 Å². The van der Waals surface area contributed by atoms with E-state index in [0.717, 1.165) is 18.8 Å². The molecule has 15 heavy (non-hydrogen) atoms. The molecule has 82 valence electrons. The summed E-state index contributed by atoms with van der Waals surface area (Å²) in [7, 11) is 0. The summed E-state index contributed by atoms with van der Waals surface area (Å²) in [6, 6.07) is 1.76. The molecule has 0 bridgehead atoms. The zero-order valence-corrected chi connectivity index (χ0v) is 8.98. The monoisotopic (exact) mass is 228 g/mol. The molecule has 2 N–H and O–H groups in total. The van der Waals surface area contributed by atoms with Gasteiger partial charge in [-0.15, -0.1) is 0 Å². The molecule has 0 aliphatic carbocycles. The Bertz CT molecular complexity index is 359. The smallest absolute Gasteiger partial charge is 0.129 e. The number of rotatable bonds is 2. The van der Waals surface area contributed by atoms with Crippen LogP contribution in [0.1, 0.15) is 12.0 Å². The highest BCUT2D eigenvalue weighted by Crippen LogP contribution is 2.23. The van der Waals surface area contributed by atoms with Gasteiger partial charge in [0.15, 0.2) is 0 Å². The third-order valence-electron chi connectivity index (χ3n) is 2.58. The van der Waals surface area contributed by atoms with Crippen molar-refractivity contribution in [3.63, 3.8) is 0 Å². The van der Waals surface area contributed by atoms with Crippen molar-refractivity contribution in [2.24, 2.45) is 0 Å². The second kappa shape index (κ2) is 4.35. The lowest BCUT2D eigenvalue weighted by atomic mass is 10.2. The van der Waals surface area contributed by atoms with Crippen molar-refractivity contribution >= 4 is 17.4 Å². The minimum absolute atomic E-state index is 0.0925. The normalized spacial score (nSPS) is 21.0. The molecule has 5 heteroatoms. The van der Waals surface area contributed by atoms with E-state index in [2.05, 4.69) is 4.98 Å². The molecule has 4 nitrogen and oxygen atoms in total. The van der Waals surface area contributed by atoms with Crippen molar-refractivity contribution in [3.8, 4) is 0 Å². The van der Waals surface area contributed by atoms with Gasteiger partial charge in [-0.05, 0) is 12.5 Å². The van der Waals surface area contributed by atoms with E-state index in [1.54, 1.807) is 6.07 Å². The van der Waals surface area contributed by atoms with Crippen LogP contribution in [0.4, 0.5) is 5.82 Å².